The SMILES string of the molecule is C[NH+]1CCc2ccccc2[C@@H]1Cc1ccccc1NC(=O)c1ccc([N+](=O)[O-])cc1. The molecule has 3 aromatic rings. The lowest BCUT2D eigenvalue weighted by molar-refractivity contribution is -0.914. The van der Waals surface area contributed by atoms with Gasteiger partial charge < -0.3 is 10.2 Å². The van der Waals surface area contributed by atoms with E-state index in [0.29, 0.717) is 11.6 Å². The van der Waals surface area contributed by atoms with Crippen molar-refractivity contribution in [1.29, 1.82) is 0 Å². The lowest BCUT2D eigenvalue weighted by atomic mass is 9.88. The third-order valence-electron chi connectivity index (χ3n) is 5.84. The number of anilines is 1. The molecule has 152 valence electrons. The second-order valence-corrected chi connectivity index (χ2v) is 7.72. The third-order valence-corrected chi connectivity index (χ3v) is 5.84. The summed E-state index contributed by atoms with van der Waals surface area (Å²) in [5.41, 5.74) is 4.99. The van der Waals surface area contributed by atoms with Gasteiger partial charge in [-0.25, -0.2) is 0 Å². The number of rotatable bonds is 5. The van der Waals surface area contributed by atoms with Crippen molar-refractivity contribution < 1.29 is 14.6 Å². The van der Waals surface area contributed by atoms with E-state index < -0.39 is 4.92 Å². The molecule has 0 saturated heterocycles. The van der Waals surface area contributed by atoms with Crippen molar-refractivity contribution >= 4 is 17.3 Å². The molecule has 1 aliphatic rings. The summed E-state index contributed by atoms with van der Waals surface area (Å²) < 4.78 is 0. The van der Waals surface area contributed by atoms with Crippen LogP contribution in [0.4, 0.5) is 11.4 Å². The van der Waals surface area contributed by atoms with Crippen molar-refractivity contribution in [2.24, 2.45) is 0 Å². The highest BCUT2D eigenvalue weighted by Gasteiger charge is 2.28. The molecule has 0 bridgehead atoms. The van der Waals surface area contributed by atoms with Crippen LogP contribution in [0, 0.1) is 10.1 Å². The van der Waals surface area contributed by atoms with Gasteiger partial charge in [-0.3, -0.25) is 14.9 Å². The first-order valence-electron chi connectivity index (χ1n) is 10.1. The zero-order valence-electron chi connectivity index (χ0n) is 16.8. The number of benzene rings is 3. The maximum absolute atomic E-state index is 12.7. The first-order chi connectivity index (χ1) is 14.5. The third kappa shape index (κ3) is 4.09. The van der Waals surface area contributed by atoms with Gasteiger partial charge in [0.1, 0.15) is 6.04 Å². The fourth-order valence-electron chi connectivity index (χ4n) is 4.13. The standard InChI is InChI=1S/C24H23N3O3/c1-26-15-14-17-6-2-4-8-21(17)23(26)16-19-7-3-5-9-22(19)25-24(28)18-10-12-20(13-11-18)27(29)30/h2-13,23H,14-16H2,1H3,(H,25,28)/p+1/t23-/m0/s1. The summed E-state index contributed by atoms with van der Waals surface area (Å²) in [5.74, 6) is -0.276. The van der Waals surface area contributed by atoms with Gasteiger partial charge in [-0.05, 0) is 29.3 Å². The van der Waals surface area contributed by atoms with Gasteiger partial charge in [-0.1, -0.05) is 42.5 Å². The Morgan fingerprint density at radius 2 is 1.77 bits per heavy atom. The van der Waals surface area contributed by atoms with Crippen LogP contribution in [0.5, 0.6) is 0 Å². The van der Waals surface area contributed by atoms with Crippen LogP contribution in [-0.2, 0) is 12.8 Å². The van der Waals surface area contributed by atoms with E-state index >= 15 is 0 Å². The van der Waals surface area contributed by atoms with E-state index in [-0.39, 0.29) is 11.6 Å². The van der Waals surface area contributed by atoms with Gasteiger partial charge in [0.25, 0.3) is 11.6 Å². The fraction of sp³-hybridized carbons (Fsp3) is 0.208. The topological polar surface area (TPSA) is 76.7 Å². The van der Waals surface area contributed by atoms with Crippen LogP contribution >= 0.6 is 0 Å². The number of carbonyl (C=O) groups excluding carboxylic acids is 1. The molecule has 0 radical (unpaired) electrons. The maximum Gasteiger partial charge on any atom is 0.269 e. The number of hydrogen-bond acceptors (Lipinski definition) is 3. The Kier molecular flexibility index (Phi) is 5.59. The first-order valence-corrected chi connectivity index (χ1v) is 10.1. The second-order valence-electron chi connectivity index (χ2n) is 7.72. The van der Waals surface area contributed by atoms with E-state index in [1.165, 1.54) is 40.3 Å². The highest BCUT2D eigenvalue weighted by atomic mass is 16.6. The minimum absolute atomic E-state index is 0.0334. The molecule has 0 fully saturated rings. The smallest absolute Gasteiger partial charge is 0.269 e. The minimum atomic E-state index is -0.474. The van der Waals surface area contributed by atoms with Gasteiger partial charge in [-0.2, -0.15) is 0 Å². The number of nitro groups is 1. The Balaban J connectivity index is 1.56. The zero-order chi connectivity index (χ0) is 21.1. The fourth-order valence-corrected chi connectivity index (χ4v) is 4.13. The molecular weight excluding hydrogens is 378 g/mol. The molecule has 6 nitrogen and oxygen atoms in total. The number of fused-ring (bicyclic) bond motifs is 1. The zero-order valence-corrected chi connectivity index (χ0v) is 16.8. The summed E-state index contributed by atoms with van der Waals surface area (Å²) in [6.45, 7) is 1.08. The van der Waals surface area contributed by atoms with Gasteiger partial charge in [0, 0.05) is 41.8 Å². The summed E-state index contributed by atoms with van der Waals surface area (Å²) in [5, 5.41) is 13.8. The molecule has 4 rings (SSSR count). The predicted octanol–water partition coefficient (Wildman–Crippen LogP) is 3.20. The number of carbonyl (C=O) groups is 1. The number of nitrogens with zero attached hydrogens (tertiary/aromatic N) is 1. The van der Waals surface area contributed by atoms with Crippen molar-refractivity contribution in [3.8, 4) is 0 Å². The number of para-hydroxylation sites is 1. The highest BCUT2D eigenvalue weighted by molar-refractivity contribution is 6.04. The van der Waals surface area contributed by atoms with Crippen molar-refractivity contribution in [3.05, 3.63) is 105 Å². The van der Waals surface area contributed by atoms with E-state index in [0.717, 1.165) is 30.6 Å². The van der Waals surface area contributed by atoms with Crippen LogP contribution in [0.15, 0.2) is 72.8 Å². The predicted molar refractivity (Wildman–Crippen MR) is 116 cm³/mol. The molecule has 2 N–H and O–H groups in total. The number of quaternary nitrogens is 1. The molecule has 30 heavy (non-hydrogen) atoms. The van der Waals surface area contributed by atoms with Crippen molar-refractivity contribution in [3.63, 3.8) is 0 Å². The monoisotopic (exact) mass is 402 g/mol. The normalized spacial score (nSPS) is 17.8. The van der Waals surface area contributed by atoms with E-state index in [2.05, 4.69) is 42.7 Å². The Bertz CT molecular complexity index is 1080. The molecule has 0 aliphatic carbocycles. The number of nitrogens with one attached hydrogen (secondary N) is 2. The molecule has 1 amide bonds. The summed E-state index contributed by atoms with van der Waals surface area (Å²) >= 11 is 0. The lowest BCUT2D eigenvalue weighted by Gasteiger charge is -2.32. The van der Waals surface area contributed by atoms with Crippen LogP contribution in [0.25, 0.3) is 0 Å². The van der Waals surface area contributed by atoms with Crippen LogP contribution in [0.3, 0.4) is 0 Å². The minimum Gasteiger partial charge on any atom is -0.331 e. The molecule has 0 saturated carbocycles. The van der Waals surface area contributed by atoms with Crippen molar-refractivity contribution in [2.45, 2.75) is 18.9 Å². The molecule has 1 aliphatic heterocycles. The van der Waals surface area contributed by atoms with Crippen LogP contribution < -0.4 is 10.2 Å². The Labute approximate surface area is 175 Å². The lowest BCUT2D eigenvalue weighted by Crippen LogP contribution is -3.10. The molecule has 1 heterocycles. The van der Waals surface area contributed by atoms with Crippen LogP contribution in [0.2, 0.25) is 0 Å². The first kappa shape index (κ1) is 19.8. The Morgan fingerprint density at radius 1 is 1.07 bits per heavy atom. The van der Waals surface area contributed by atoms with Crippen LogP contribution in [0.1, 0.15) is 33.1 Å². The largest absolute Gasteiger partial charge is 0.331 e. The summed E-state index contributed by atoms with van der Waals surface area (Å²) in [6, 6.07) is 22.4. The molecule has 0 aromatic heterocycles. The van der Waals surface area contributed by atoms with E-state index in [1.807, 2.05) is 18.2 Å². The number of hydrogen-bond donors (Lipinski definition) is 2. The molecule has 3 aromatic carbocycles. The summed E-state index contributed by atoms with van der Waals surface area (Å²) in [7, 11) is 2.22. The van der Waals surface area contributed by atoms with E-state index in [1.54, 1.807) is 0 Å². The van der Waals surface area contributed by atoms with Crippen LogP contribution in [-0.4, -0.2) is 24.4 Å². The molecule has 2 atom stereocenters. The van der Waals surface area contributed by atoms with Crippen molar-refractivity contribution in [1.82, 2.24) is 0 Å². The highest BCUT2D eigenvalue weighted by Crippen LogP contribution is 2.26. The number of nitro benzene ring substituents is 1. The molecule has 0 spiro atoms. The maximum atomic E-state index is 12.7. The average Bonchev–Trinajstić information content (AvgIpc) is 2.77. The molecule has 1 unspecified atom stereocenters. The van der Waals surface area contributed by atoms with Gasteiger partial charge in [0.2, 0.25) is 0 Å². The van der Waals surface area contributed by atoms with E-state index in [4.69, 9.17) is 0 Å². The van der Waals surface area contributed by atoms with Crippen molar-refractivity contribution in [2.75, 3.05) is 18.9 Å². The quantitative estimate of drug-likeness (QED) is 0.508. The van der Waals surface area contributed by atoms with Gasteiger partial charge in [0.05, 0.1) is 18.5 Å². The number of likely N-dealkylation sites (N-methyl/N-ethyl adjacent to an activating group) is 1. The van der Waals surface area contributed by atoms with Gasteiger partial charge in [0.15, 0.2) is 0 Å². The average molecular weight is 402 g/mol. The Morgan fingerprint density at radius 3 is 2.53 bits per heavy atom. The van der Waals surface area contributed by atoms with Gasteiger partial charge in [-0.15, -0.1) is 0 Å². The number of amides is 1. The Hall–Kier alpha value is -3.51. The number of non-ortho nitro benzene ring substituents is 1. The second kappa shape index (κ2) is 8.47. The van der Waals surface area contributed by atoms with Gasteiger partial charge >= 0.3 is 0 Å². The molecule has 6 heteroatoms. The summed E-state index contributed by atoms with van der Waals surface area (Å²) in [4.78, 5) is 24.5. The van der Waals surface area contributed by atoms with E-state index in [9.17, 15) is 14.9 Å². The summed E-state index contributed by atoms with van der Waals surface area (Å²) in [6.07, 6.45) is 1.90. The molecular formula is C24H24N3O3+.